The van der Waals surface area contributed by atoms with E-state index in [1.807, 2.05) is 0 Å². The van der Waals surface area contributed by atoms with Crippen LogP contribution in [-0.2, 0) is 4.74 Å². The van der Waals surface area contributed by atoms with E-state index in [9.17, 15) is 0 Å². The third-order valence-electron chi connectivity index (χ3n) is 3.16. The summed E-state index contributed by atoms with van der Waals surface area (Å²) in [6.45, 7) is 9.69. The van der Waals surface area contributed by atoms with Crippen molar-refractivity contribution in [2.75, 3.05) is 32.8 Å². The Morgan fingerprint density at radius 3 is 2.59 bits per heavy atom. The van der Waals surface area contributed by atoms with Gasteiger partial charge in [-0.1, -0.05) is 26.1 Å². The largest absolute Gasteiger partial charge is 0.393 e. The predicted octanol–water partition coefficient (Wildman–Crippen LogP) is 2.05. The molecule has 0 aliphatic carbocycles. The van der Waals surface area contributed by atoms with E-state index in [-0.39, 0.29) is 0 Å². The van der Waals surface area contributed by atoms with E-state index in [1.165, 1.54) is 19.4 Å². The molecule has 0 aromatic rings. The van der Waals surface area contributed by atoms with Crippen molar-refractivity contribution >= 4 is 17.2 Å². The minimum Gasteiger partial charge on any atom is -0.393 e. The van der Waals surface area contributed by atoms with Crippen LogP contribution in [0.1, 0.15) is 33.1 Å². The van der Waals surface area contributed by atoms with Crippen LogP contribution in [0.2, 0.25) is 0 Å². The summed E-state index contributed by atoms with van der Waals surface area (Å²) >= 11 is 4.96. The van der Waals surface area contributed by atoms with Gasteiger partial charge in [0.2, 0.25) is 0 Å². The van der Waals surface area contributed by atoms with Crippen LogP contribution >= 0.6 is 12.2 Å². The van der Waals surface area contributed by atoms with E-state index >= 15 is 0 Å². The van der Waals surface area contributed by atoms with Gasteiger partial charge in [0.25, 0.3) is 0 Å². The molecule has 3 nitrogen and oxygen atoms in total. The van der Waals surface area contributed by atoms with Gasteiger partial charge in [-0.05, 0) is 24.7 Å². The maximum absolute atomic E-state index is 5.59. The average Bonchev–Trinajstić information content (AvgIpc) is 2.26. The first kappa shape index (κ1) is 14.9. The van der Waals surface area contributed by atoms with Crippen LogP contribution in [0.15, 0.2) is 0 Å². The zero-order chi connectivity index (χ0) is 12.7. The second-order valence-corrected chi connectivity index (χ2v) is 5.95. The molecule has 0 bridgehead atoms. The van der Waals surface area contributed by atoms with Gasteiger partial charge < -0.3 is 15.4 Å². The average molecular weight is 258 g/mol. The summed E-state index contributed by atoms with van der Waals surface area (Å²) in [5.41, 5.74) is 5.59. The van der Waals surface area contributed by atoms with Gasteiger partial charge in [-0.15, -0.1) is 0 Å². The second kappa shape index (κ2) is 8.01. The van der Waals surface area contributed by atoms with Gasteiger partial charge in [0.1, 0.15) is 0 Å². The van der Waals surface area contributed by atoms with Gasteiger partial charge >= 0.3 is 0 Å². The van der Waals surface area contributed by atoms with E-state index in [4.69, 9.17) is 22.7 Å². The Hall–Kier alpha value is -0.190. The lowest BCUT2D eigenvalue weighted by molar-refractivity contribution is 0.0513. The fourth-order valence-electron chi connectivity index (χ4n) is 2.34. The van der Waals surface area contributed by atoms with Crippen molar-refractivity contribution in [1.82, 2.24) is 4.90 Å². The summed E-state index contributed by atoms with van der Waals surface area (Å²) in [5, 5.41) is 0. The lowest BCUT2D eigenvalue weighted by Crippen LogP contribution is -2.36. The summed E-state index contributed by atoms with van der Waals surface area (Å²) in [6, 6.07) is 0. The van der Waals surface area contributed by atoms with Crippen molar-refractivity contribution in [2.45, 2.75) is 33.1 Å². The smallest absolute Gasteiger partial charge is 0.0740 e. The monoisotopic (exact) mass is 258 g/mol. The number of nitrogens with zero attached hydrogens (tertiary/aromatic N) is 1. The maximum atomic E-state index is 5.59. The molecule has 0 unspecified atom stereocenters. The molecule has 1 aliphatic rings. The zero-order valence-corrected chi connectivity index (χ0v) is 12.0. The highest BCUT2D eigenvalue weighted by Crippen LogP contribution is 2.17. The van der Waals surface area contributed by atoms with Crippen LogP contribution in [-0.4, -0.2) is 42.7 Å². The fraction of sp³-hybridized carbons (Fsp3) is 0.923. The zero-order valence-electron chi connectivity index (χ0n) is 11.2. The first-order chi connectivity index (χ1) is 8.08. The molecule has 0 atom stereocenters. The van der Waals surface area contributed by atoms with Crippen molar-refractivity contribution in [3.05, 3.63) is 0 Å². The Morgan fingerprint density at radius 1 is 1.41 bits per heavy atom. The highest BCUT2D eigenvalue weighted by molar-refractivity contribution is 7.80. The molecule has 0 spiro atoms. The Balaban J connectivity index is 2.35. The molecular weight excluding hydrogens is 232 g/mol. The molecule has 4 heteroatoms. The van der Waals surface area contributed by atoms with Gasteiger partial charge in [0.15, 0.2) is 0 Å². The quantitative estimate of drug-likeness (QED) is 0.709. The van der Waals surface area contributed by atoms with Gasteiger partial charge in [0, 0.05) is 39.3 Å². The minimum atomic E-state index is 0.630. The van der Waals surface area contributed by atoms with Gasteiger partial charge in [-0.25, -0.2) is 0 Å². The highest BCUT2D eigenvalue weighted by atomic mass is 32.1. The van der Waals surface area contributed by atoms with Gasteiger partial charge in [-0.3, -0.25) is 0 Å². The number of thiocarbonyl (C=S) groups is 1. The molecule has 1 heterocycles. The van der Waals surface area contributed by atoms with Crippen molar-refractivity contribution in [1.29, 1.82) is 0 Å². The minimum absolute atomic E-state index is 0.630. The van der Waals surface area contributed by atoms with E-state index in [0.29, 0.717) is 10.9 Å². The van der Waals surface area contributed by atoms with Gasteiger partial charge in [-0.2, -0.15) is 0 Å². The number of nitrogens with two attached hydrogens (primary N) is 1. The number of rotatable bonds is 7. The number of ether oxygens (including phenoxy) is 1. The van der Waals surface area contributed by atoms with Crippen LogP contribution in [0.4, 0.5) is 0 Å². The maximum Gasteiger partial charge on any atom is 0.0740 e. The predicted molar refractivity (Wildman–Crippen MR) is 76.2 cm³/mol. The van der Waals surface area contributed by atoms with Crippen LogP contribution in [0.5, 0.6) is 0 Å². The summed E-state index contributed by atoms with van der Waals surface area (Å²) in [4.78, 5) is 3.14. The van der Waals surface area contributed by atoms with Crippen LogP contribution in [0.3, 0.4) is 0 Å². The Kier molecular flexibility index (Phi) is 7.00. The standard InChI is InChI=1S/C13H26N2OS/c1-11(2)9-15(6-3-13(14)17)10-12-4-7-16-8-5-12/h11-12H,3-10H2,1-2H3,(H2,14,17). The van der Waals surface area contributed by atoms with E-state index < -0.39 is 0 Å². The van der Waals surface area contributed by atoms with Crippen LogP contribution in [0.25, 0.3) is 0 Å². The first-order valence-electron chi connectivity index (χ1n) is 6.66. The molecule has 1 saturated heterocycles. The molecule has 0 radical (unpaired) electrons. The number of hydrogen-bond donors (Lipinski definition) is 1. The molecule has 1 rings (SSSR count). The molecule has 1 aliphatic heterocycles. The summed E-state index contributed by atoms with van der Waals surface area (Å²) in [7, 11) is 0. The SMILES string of the molecule is CC(C)CN(CCC(N)=S)CC1CCOCC1. The number of hydrogen-bond acceptors (Lipinski definition) is 3. The molecule has 0 aromatic carbocycles. The third kappa shape index (κ3) is 6.96. The summed E-state index contributed by atoms with van der Waals surface area (Å²) in [5.74, 6) is 1.48. The Labute approximate surface area is 111 Å². The first-order valence-corrected chi connectivity index (χ1v) is 7.07. The summed E-state index contributed by atoms with van der Waals surface area (Å²) < 4.78 is 5.40. The molecule has 100 valence electrons. The van der Waals surface area contributed by atoms with Crippen molar-refractivity contribution in [3.63, 3.8) is 0 Å². The Morgan fingerprint density at radius 2 is 2.06 bits per heavy atom. The van der Waals surface area contributed by atoms with E-state index in [0.717, 1.165) is 38.6 Å². The Bertz CT molecular complexity index is 227. The van der Waals surface area contributed by atoms with Crippen LogP contribution < -0.4 is 5.73 Å². The van der Waals surface area contributed by atoms with E-state index in [2.05, 4.69) is 18.7 Å². The molecule has 0 saturated carbocycles. The molecule has 0 aromatic heterocycles. The molecule has 17 heavy (non-hydrogen) atoms. The molecule has 0 amide bonds. The van der Waals surface area contributed by atoms with Crippen molar-refractivity contribution in [2.24, 2.45) is 17.6 Å². The molecular formula is C13H26N2OS. The lowest BCUT2D eigenvalue weighted by Gasteiger charge is -2.30. The normalized spacial score (nSPS) is 17.9. The molecule has 2 N–H and O–H groups in total. The fourth-order valence-corrected chi connectivity index (χ4v) is 2.43. The van der Waals surface area contributed by atoms with E-state index in [1.54, 1.807) is 0 Å². The van der Waals surface area contributed by atoms with Gasteiger partial charge in [0.05, 0.1) is 4.99 Å². The second-order valence-electron chi connectivity index (χ2n) is 5.43. The highest BCUT2D eigenvalue weighted by Gasteiger charge is 2.18. The summed E-state index contributed by atoms with van der Waals surface area (Å²) in [6.07, 6.45) is 3.23. The van der Waals surface area contributed by atoms with Crippen molar-refractivity contribution in [3.8, 4) is 0 Å². The molecule has 1 fully saturated rings. The van der Waals surface area contributed by atoms with Crippen LogP contribution in [0, 0.1) is 11.8 Å². The lowest BCUT2D eigenvalue weighted by atomic mass is 9.99. The topological polar surface area (TPSA) is 38.5 Å². The van der Waals surface area contributed by atoms with Crippen molar-refractivity contribution < 1.29 is 4.74 Å². The third-order valence-corrected chi connectivity index (χ3v) is 3.36.